The molecule has 20 heavy (non-hydrogen) atoms. The van der Waals surface area contributed by atoms with Crippen molar-refractivity contribution in [3.05, 3.63) is 0 Å². The van der Waals surface area contributed by atoms with E-state index in [0.717, 1.165) is 18.3 Å². The summed E-state index contributed by atoms with van der Waals surface area (Å²) >= 11 is 0. The first-order chi connectivity index (χ1) is 9.37. The number of carbonyl (C=O) groups excluding carboxylic acids is 1. The molecule has 112 valence electrons. The molecule has 4 saturated carbocycles. The molecule has 0 amide bonds. The van der Waals surface area contributed by atoms with Gasteiger partial charge in [-0.3, -0.25) is 4.79 Å². The van der Waals surface area contributed by atoms with Crippen LogP contribution in [0.5, 0.6) is 0 Å². The zero-order valence-corrected chi connectivity index (χ0v) is 13.5. The fourth-order valence-corrected chi connectivity index (χ4v) is 7.50. The Morgan fingerprint density at radius 3 is 2.55 bits per heavy atom. The zero-order chi connectivity index (χ0) is 14.2. The van der Waals surface area contributed by atoms with Crippen LogP contribution < -0.4 is 0 Å². The van der Waals surface area contributed by atoms with Crippen molar-refractivity contribution in [3.63, 3.8) is 0 Å². The van der Waals surface area contributed by atoms with Gasteiger partial charge in [-0.05, 0) is 73.0 Å². The molecule has 5 atom stereocenters. The van der Waals surface area contributed by atoms with Crippen LogP contribution in [0.4, 0.5) is 0 Å². The second-order valence-electron chi connectivity index (χ2n) is 9.48. The van der Waals surface area contributed by atoms with E-state index in [4.69, 9.17) is 0 Å². The van der Waals surface area contributed by atoms with Gasteiger partial charge >= 0.3 is 0 Å². The van der Waals surface area contributed by atoms with Gasteiger partial charge in [0.05, 0.1) is 0 Å². The van der Waals surface area contributed by atoms with Crippen molar-refractivity contribution in [2.75, 3.05) is 0 Å². The Hall–Kier alpha value is -0.330. The van der Waals surface area contributed by atoms with Gasteiger partial charge in [0, 0.05) is 12.3 Å². The third kappa shape index (κ3) is 1.53. The van der Waals surface area contributed by atoms with E-state index >= 15 is 0 Å². The number of Topliss-reactive ketones (excluding diaryl/α,β-unsaturated/α-hetero) is 1. The molecule has 0 saturated heterocycles. The SMILES string of the molecule is CC1(C)CCC[C@]2(C)[C@@H]1CC[C@]13CC(=O)[C@H](CC[C@H]12)C3. The molecule has 0 aromatic heterocycles. The molecule has 0 aliphatic heterocycles. The van der Waals surface area contributed by atoms with E-state index in [1.165, 1.54) is 51.4 Å². The molecule has 1 nitrogen and oxygen atoms in total. The van der Waals surface area contributed by atoms with E-state index in [2.05, 4.69) is 20.8 Å². The number of hydrogen-bond donors (Lipinski definition) is 0. The second-order valence-corrected chi connectivity index (χ2v) is 9.48. The Bertz CT molecular complexity index is 451. The van der Waals surface area contributed by atoms with Crippen LogP contribution in [0.25, 0.3) is 0 Å². The van der Waals surface area contributed by atoms with Crippen molar-refractivity contribution in [2.45, 2.75) is 78.6 Å². The van der Waals surface area contributed by atoms with Gasteiger partial charge in [-0.25, -0.2) is 0 Å². The minimum atomic E-state index is 0.429. The fraction of sp³-hybridized carbons (Fsp3) is 0.947. The lowest BCUT2D eigenvalue weighted by molar-refractivity contribution is -0.144. The summed E-state index contributed by atoms with van der Waals surface area (Å²) < 4.78 is 0. The first kappa shape index (κ1) is 13.3. The van der Waals surface area contributed by atoms with E-state index in [0.29, 0.717) is 27.9 Å². The molecule has 1 spiro atoms. The van der Waals surface area contributed by atoms with E-state index in [-0.39, 0.29) is 0 Å². The molecular formula is C19H30O. The van der Waals surface area contributed by atoms with Crippen LogP contribution in [0, 0.1) is 34.0 Å². The Morgan fingerprint density at radius 1 is 0.950 bits per heavy atom. The van der Waals surface area contributed by atoms with Crippen molar-refractivity contribution in [3.8, 4) is 0 Å². The standard InChI is InChI=1S/C19H30O/c1-17(2)8-4-9-18(3)15(17)7-10-19-11-13(14(20)12-19)5-6-16(18)19/h13,15-16H,4-12H2,1-3H3/t13-,15-,16+,18-,19+/m1/s1. The van der Waals surface area contributed by atoms with Crippen molar-refractivity contribution in [1.29, 1.82) is 0 Å². The largest absolute Gasteiger partial charge is 0.299 e. The van der Waals surface area contributed by atoms with E-state index < -0.39 is 0 Å². The molecule has 0 aromatic rings. The predicted molar refractivity (Wildman–Crippen MR) is 81.4 cm³/mol. The molecular weight excluding hydrogens is 244 g/mol. The lowest BCUT2D eigenvalue weighted by Crippen LogP contribution is -2.55. The maximum Gasteiger partial charge on any atom is 0.136 e. The normalized spacial score (nSPS) is 53.4. The Balaban J connectivity index is 1.74. The number of hydrogen-bond acceptors (Lipinski definition) is 1. The van der Waals surface area contributed by atoms with Crippen molar-refractivity contribution < 1.29 is 4.79 Å². The summed E-state index contributed by atoms with van der Waals surface area (Å²) in [7, 11) is 0. The fourth-order valence-electron chi connectivity index (χ4n) is 7.50. The minimum absolute atomic E-state index is 0.429. The van der Waals surface area contributed by atoms with Crippen LogP contribution in [-0.4, -0.2) is 5.78 Å². The molecule has 4 aliphatic rings. The third-order valence-electron chi connectivity index (χ3n) is 8.18. The molecule has 0 N–H and O–H groups in total. The summed E-state index contributed by atoms with van der Waals surface area (Å²) in [6, 6.07) is 0. The van der Waals surface area contributed by atoms with Crippen LogP contribution in [0.3, 0.4) is 0 Å². The summed E-state index contributed by atoms with van der Waals surface area (Å²) in [4.78, 5) is 12.3. The summed E-state index contributed by atoms with van der Waals surface area (Å²) in [5.41, 5.74) is 1.47. The number of carbonyl (C=O) groups is 1. The molecule has 1 heteroatoms. The van der Waals surface area contributed by atoms with Gasteiger partial charge in [0.25, 0.3) is 0 Å². The number of fused-ring (bicyclic) bond motifs is 3. The molecule has 2 bridgehead atoms. The predicted octanol–water partition coefficient (Wildman–Crippen LogP) is 4.99. The van der Waals surface area contributed by atoms with Gasteiger partial charge in [-0.1, -0.05) is 27.2 Å². The third-order valence-corrected chi connectivity index (χ3v) is 8.18. The quantitative estimate of drug-likeness (QED) is 0.608. The van der Waals surface area contributed by atoms with Gasteiger partial charge in [-0.15, -0.1) is 0 Å². The highest BCUT2D eigenvalue weighted by molar-refractivity contribution is 5.84. The van der Waals surface area contributed by atoms with Gasteiger partial charge < -0.3 is 0 Å². The van der Waals surface area contributed by atoms with Crippen LogP contribution >= 0.6 is 0 Å². The van der Waals surface area contributed by atoms with Crippen LogP contribution in [-0.2, 0) is 4.79 Å². The van der Waals surface area contributed by atoms with Crippen molar-refractivity contribution in [2.24, 2.45) is 34.0 Å². The monoisotopic (exact) mass is 274 g/mol. The average Bonchev–Trinajstić information content (AvgIpc) is 2.58. The topological polar surface area (TPSA) is 17.1 Å². The van der Waals surface area contributed by atoms with Crippen molar-refractivity contribution >= 4 is 5.78 Å². The van der Waals surface area contributed by atoms with Gasteiger partial charge in [0.2, 0.25) is 0 Å². The van der Waals surface area contributed by atoms with Gasteiger partial charge in [-0.2, -0.15) is 0 Å². The summed E-state index contributed by atoms with van der Waals surface area (Å²) in [5.74, 6) is 2.80. The Labute approximate surface area is 123 Å². The van der Waals surface area contributed by atoms with Crippen LogP contribution in [0.2, 0.25) is 0 Å². The maximum absolute atomic E-state index is 12.3. The minimum Gasteiger partial charge on any atom is -0.299 e. The molecule has 4 rings (SSSR count). The highest BCUT2D eigenvalue weighted by atomic mass is 16.1. The first-order valence-electron chi connectivity index (χ1n) is 8.90. The lowest BCUT2D eigenvalue weighted by Gasteiger charge is -2.63. The molecule has 0 aromatic carbocycles. The van der Waals surface area contributed by atoms with Crippen LogP contribution in [0.15, 0.2) is 0 Å². The number of ketones is 1. The Kier molecular flexibility index (Phi) is 2.60. The van der Waals surface area contributed by atoms with Gasteiger partial charge in [0.1, 0.15) is 5.78 Å². The summed E-state index contributed by atoms with van der Waals surface area (Å²) in [6.45, 7) is 7.63. The summed E-state index contributed by atoms with van der Waals surface area (Å²) in [6.07, 6.45) is 11.7. The van der Waals surface area contributed by atoms with E-state index in [1.807, 2.05) is 0 Å². The van der Waals surface area contributed by atoms with Crippen LogP contribution in [0.1, 0.15) is 78.6 Å². The molecule has 0 heterocycles. The average molecular weight is 274 g/mol. The second kappa shape index (κ2) is 3.90. The Morgan fingerprint density at radius 2 is 1.75 bits per heavy atom. The molecule has 4 fully saturated rings. The highest BCUT2D eigenvalue weighted by Gasteiger charge is 2.63. The van der Waals surface area contributed by atoms with E-state index in [1.54, 1.807) is 0 Å². The zero-order valence-electron chi connectivity index (χ0n) is 13.5. The number of rotatable bonds is 0. The van der Waals surface area contributed by atoms with Gasteiger partial charge in [0.15, 0.2) is 0 Å². The first-order valence-corrected chi connectivity index (χ1v) is 8.90. The molecule has 0 radical (unpaired) electrons. The van der Waals surface area contributed by atoms with Crippen molar-refractivity contribution in [1.82, 2.24) is 0 Å². The van der Waals surface area contributed by atoms with E-state index in [9.17, 15) is 4.79 Å². The lowest BCUT2D eigenvalue weighted by atomic mass is 9.41. The summed E-state index contributed by atoms with van der Waals surface area (Å²) in [5, 5.41) is 0. The molecule has 0 unspecified atom stereocenters. The molecule has 4 aliphatic carbocycles. The smallest absolute Gasteiger partial charge is 0.136 e. The highest BCUT2D eigenvalue weighted by Crippen LogP contribution is 2.70. The maximum atomic E-state index is 12.3.